The predicted octanol–water partition coefficient (Wildman–Crippen LogP) is 25.4. The second-order valence-corrected chi connectivity index (χ2v) is 31.2. The molecule has 18 heteroatoms. The molecule has 0 aliphatic heterocycles. The van der Waals surface area contributed by atoms with Crippen molar-refractivity contribution in [2.75, 3.05) is 39.6 Å². The molecule has 0 aromatic carbocycles. The Bertz CT molecular complexity index is 2480. The minimum Gasteiger partial charge on any atom is -0.463 e. The number of hydrogen-bond acceptors (Lipinski definition) is 14. The van der Waals surface area contributed by atoms with Crippen molar-refractivity contribution in [1.82, 2.24) is 0 Å². The lowest BCUT2D eigenvalue weighted by Gasteiger charge is -2.21. The summed E-state index contributed by atoms with van der Waals surface area (Å²) >= 11 is 0. The van der Waals surface area contributed by atoms with Crippen LogP contribution in [0.15, 0.2) is 134 Å². The molecule has 616 valence electrons. The summed E-state index contributed by atoms with van der Waals surface area (Å²) in [5.41, 5.74) is 0. The third kappa shape index (κ3) is 82.5. The second kappa shape index (κ2) is 81.2. The average Bonchev–Trinajstić information content (AvgIpc) is 1.06. The van der Waals surface area contributed by atoms with Crippen LogP contribution in [0.5, 0.6) is 0 Å². The van der Waals surface area contributed by atoms with Crippen LogP contribution >= 0.6 is 15.6 Å². The number of rotatable bonds is 80. The van der Waals surface area contributed by atoms with Gasteiger partial charge in [0.2, 0.25) is 0 Å². The number of aliphatic hydroxyl groups excluding tert-OH is 2. The summed E-state index contributed by atoms with van der Waals surface area (Å²) in [5, 5.41) is 20.7. The van der Waals surface area contributed by atoms with Crippen LogP contribution in [-0.4, -0.2) is 95.9 Å². The lowest BCUT2D eigenvalue weighted by Crippen LogP contribution is -2.30. The topological polar surface area (TPSA) is 231 Å². The first-order valence-electron chi connectivity index (χ1n) is 42.5. The quantitative estimate of drug-likeness (QED) is 0.0146. The highest BCUT2D eigenvalue weighted by Crippen LogP contribution is 2.45. The molecule has 0 saturated heterocycles. The first kappa shape index (κ1) is 103. The van der Waals surface area contributed by atoms with Gasteiger partial charge in [0.15, 0.2) is 6.10 Å². The van der Waals surface area contributed by atoms with Crippen molar-refractivity contribution < 1.29 is 75.8 Å². The number of aliphatic hydroxyl groups is 2. The molecule has 0 saturated carbocycles. The molecular formula is C89H154O16P2. The lowest BCUT2D eigenvalue weighted by molar-refractivity contribution is -0.161. The Morgan fingerprint density at radius 2 is 0.514 bits per heavy atom. The van der Waals surface area contributed by atoms with Gasteiger partial charge in [0.25, 0.3) is 0 Å². The Balaban J connectivity index is 4.45. The largest absolute Gasteiger partial charge is 0.472 e. The molecule has 0 bridgehead atoms. The number of carbonyl (C=O) groups is 3. The van der Waals surface area contributed by atoms with Crippen LogP contribution in [0.2, 0.25) is 0 Å². The van der Waals surface area contributed by atoms with Crippen molar-refractivity contribution >= 4 is 33.6 Å². The Labute approximate surface area is 652 Å². The van der Waals surface area contributed by atoms with Gasteiger partial charge in [-0.15, -0.1) is 0 Å². The maximum Gasteiger partial charge on any atom is 0.472 e. The van der Waals surface area contributed by atoms with E-state index in [-0.39, 0.29) is 19.3 Å². The number of ether oxygens (including phenoxy) is 3. The summed E-state index contributed by atoms with van der Waals surface area (Å²) in [4.78, 5) is 58.7. The van der Waals surface area contributed by atoms with E-state index in [1.165, 1.54) is 141 Å². The molecule has 0 radical (unpaired) electrons. The number of phosphoric ester groups is 2. The fraction of sp³-hybridized carbons (Fsp3) is 0.719. The number of phosphoric acid groups is 2. The van der Waals surface area contributed by atoms with Gasteiger partial charge >= 0.3 is 33.6 Å². The summed E-state index contributed by atoms with van der Waals surface area (Å²) in [6, 6.07) is 0. The van der Waals surface area contributed by atoms with Gasteiger partial charge in [-0.25, -0.2) is 9.13 Å². The Morgan fingerprint density at radius 1 is 0.271 bits per heavy atom. The molecule has 4 N–H and O–H groups in total. The number of unbranched alkanes of at least 4 members (excludes halogenated alkanes) is 35. The number of allylic oxidation sites excluding steroid dienone is 22. The van der Waals surface area contributed by atoms with E-state index in [0.717, 1.165) is 154 Å². The number of esters is 3. The van der Waals surface area contributed by atoms with Gasteiger partial charge < -0.3 is 34.2 Å². The zero-order chi connectivity index (χ0) is 78.0. The smallest absolute Gasteiger partial charge is 0.463 e. The van der Waals surface area contributed by atoms with Gasteiger partial charge in [0.05, 0.1) is 26.4 Å². The molecule has 107 heavy (non-hydrogen) atoms. The molecule has 0 aliphatic carbocycles. The molecule has 0 aromatic heterocycles. The molecule has 16 nitrogen and oxygen atoms in total. The summed E-state index contributed by atoms with van der Waals surface area (Å²) < 4.78 is 61.2. The Hall–Kier alpha value is -4.31. The Kier molecular flexibility index (Phi) is 77.9. The van der Waals surface area contributed by atoms with E-state index in [1.807, 2.05) is 0 Å². The van der Waals surface area contributed by atoms with Crippen molar-refractivity contribution in [3.8, 4) is 0 Å². The van der Waals surface area contributed by atoms with Crippen molar-refractivity contribution in [3.05, 3.63) is 134 Å². The third-order valence-electron chi connectivity index (χ3n) is 17.8. The molecule has 0 heterocycles. The van der Waals surface area contributed by atoms with E-state index in [0.29, 0.717) is 19.3 Å². The maximum atomic E-state index is 13.0. The zero-order valence-electron chi connectivity index (χ0n) is 67.5. The van der Waals surface area contributed by atoms with Gasteiger partial charge in [-0.05, 0) is 135 Å². The second-order valence-electron chi connectivity index (χ2n) is 28.2. The molecule has 0 aliphatic rings. The first-order valence-corrected chi connectivity index (χ1v) is 45.5. The fourth-order valence-corrected chi connectivity index (χ4v) is 13.0. The highest BCUT2D eigenvalue weighted by molar-refractivity contribution is 7.47. The maximum absolute atomic E-state index is 13.0. The number of hydrogen-bond donors (Lipinski definition) is 4. The zero-order valence-corrected chi connectivity index (χ0v) is 69.3. The molecular weight excluding hydrogens is 1390 g/mol. The summed E-state index contributed by atoms with van der Waals surface area (Å²) in [6.45, 7) is 2.48. The summed E-state index contributed by atoms with van der Waals surface area (Å²) in [5.74, 6) is -1.59. The van der Waals surface area contributed by atoms with Crippen molar-refractivity contribution in [3.63, 3.8) is 0 Å². The first-order chi connectivity index (χ1) is 52.2. The molecule has 5 atom stereocenters. The van der Waals surface area contributed by atoms with Gasteiger partial charge in [-0.1, -0.05) is 334 Å². The van der Waals surface area contributed by atoms with E-state index in [4.69, 9.17) is 32.3 Å². The predicted molar refractivity (Wildman–Crippen MR) is 445 cm³/mol. The molecule has 5 unspecified atom stereocenters. The highest BCUT2D eigenvalue weighted by atomic mass is 31.2. The molecule has 0 aromatic rings. The minimum atomic E-state index is -4.94. The Morgan fingerprint density at radius 3 is 0.822 bits per heavy atom. The van der Waals surface area contributed by atoms with Gasteiger partial charge in [-0.3, -0.25) is 32.5 Å². The number of carbonyl (C=O) groups excluding carboxylic acids is 3. The van der Waals surface area contributed by atoms with Crippen LogP contribution in [0, 0.1) is 0 Å². The van der Waals surface area contributed by atoms with E-state index in [2.05, 4.69) is 154 Å². The monoisotopic (exact) mass is 1540 g/mol. The van der Waals surface area contributed by atoms with Gasteiger partial charge in [0, 0.05) is 19.3 Å². The molecule has 0 fully saturated rings. The van der Waals surface area contributed by atoms with Crippen LogP contribution in [0.4, 0.5) is 0 Å². The van der Waals surface area contributed by atoms with Crippen LogP contribution in [-0.2, 0) is 55.8 Å². The normalized spacial score (nSPS) is 14.6. The lowest BCUT2D eigenvalue weighted by atomic mass is 10.0. The summed E-state index contributed by atoms with van der Waals surface area (Å²) in [6.07, 6.45) is 99.4. The van der Waals surface area contributed by atoms with E-state index >= 15 is 0 Å². The van der Waals surface area contributed by atoms with E-state index < -0.39 is 91.5 Å². The van der Waals surface area contributed by atoms with Crippen molar-refractivity contribution in [2.45, 2.75) is 373 Å². The van der Waals surface area contributed by atoms with E-state index in [1.54, 1.807) is 0 Å². The average molecular weight is 1540 g/mol. The van der Waals surface area contributed by atoms with Crippen molar-refractivity contribution in [2.24, 2.45) is 0 Å². The van der Waals surface area contributed by atoms with Crippen LogP contribution in [0.3, 0.4) is 0 Å². The third-order valence-corrected chi connectivity index (χ3v) is 19.7. The molecule has 0 amide bonds. The standard InChI is InChI=1S/C89H154O16P2/c1-4-7-10-13-16-19-22-25-27-29-31-33-35-37-39-40-41-42-44-46-47-49-51-53-55-58-60-63-66-69-72-75-87(92)99-78-84(90)79-101-106(95,96)102-80-85(91)81-103-107(97,98)104-83-86(105-89(94)77-74-71-68-65-62-57-24-21-18-15-12-9-6-3)82-100-88(93)76-73-70-67-64-61-59-56-54-52-50-48-45-43-38-36-34-32-30-28-26-23-20-17-14-11-8-5-2/h7,10,12,15-17,19-21,24-28,31-34,37-39,43,84-86,90-91H,4-6,8-9,11,13-14,18,22-23,29-30,35-36,40-42,44-83H2,1-3H3,(H,95,96)(H,97,98)/b10-7-,15-12-,19-16-,20-17-,24-21-,27-25-,28-26-,33-31-,34-32-,39-37-,43-38-. The highest BCUT2D eigenvalue weighted by Gasteiger charge is 2.29. The van der Waals surface area contributed by atoms with Gasteiger partial charge in [-0.2, -0.15) is 0 Å². The summed E-state index contributed by atoms with van der Waals surface area (Å²) in [7, 11) is -9.80. The van der Waals surface area contributed by atoms with Gasteiger partial charge in [0.1, 0.15) is 25.4 Å². The van der Waals surface area contributed by atoms with E-state index in [9.17, 15) is 43.5 Å². The van der Waals surface area contributed by atoms with Crippen LogP contribution in [0.25, 0.3) is 0 Å². The molecule has 0 spiro atoms. The fourth-order valence-electron chi connectivity index (χ4n) is 11.4. The van der Waals surface area contributed by atoms with Crippen LogP contribution < -0.4 is 0 Å². The SMILES string of the molecule is CC/C=C\C/C=C\C/C=C\C/C=C\C/C=C\CCCCCCCCCCCCCCCCCC(=O)OCC(O)COP(=O)(O)OCC(O)COP(=O)(O)OCC(COC(=O)CCCCCCCCCCCCC/C=C\C/C=C\C/C=C\C/C=C\CCCCC)OC(=O)CCCCCCC/C=C\C/C=C\CCC. The molecule has 0 rings (SSSR count). The minimum absolute atomic E-state index is 0.0865. The van der Waals surface area contributed by atoms with Crippen LogP contribution in [0.1, 0.15) is 355 Å². The van der Waals surface area contributed by atoms with Crippen molar-refractivity contribution in [1.29, 1.82) is 0 Å².